The Hall–Kier alpha value is -0.660. The van der Waals surface area contributed by atoms with Gasteiger partial charge in [-0.1, -0.05) is 29.3 Å². The van der Waals surface area contributed by atoms with Crippen molar-refractivity contribution in [2.45, 2.75) is 6.92 Å². The Morgan fingerprint density at radius 1 is 1.29 bits per heavy atom. The van der Waals surface area contributed by atoms with Crippen LogP contribution in [0.2, 0.25) is 10.0 Å². The van der Waals surface area contributed by atoms with Gasteiger partial charge in [0.15, 0.2) is 0 Å². The van der Waals surface area contributed by atoms with Gasteiger partial charge in [0.2, 0.25) is 0 Å². The monoisotopic (exact) mass is 229 g/mol. The first-order valence-electron chi connectivity index (χ1n) is 4.31. The number of allylic oxidation sites excluding steroid dienone is 1. The highest BCUT2D eigenvalue weighted by Crippen LogP contribution is 2.26. The second kappa shape index (κ2) is 4.72. The quantitative estimate of drug-likeness (QED) is 0.744. The van der Waals surface area contributed by atoms with Crippen molar-refractivity contribution in [2.75, 3.05) is 14.1 Å². The van der Waals surface area contributed by atoms with E-state index in [1.165, 1.54) is 0 Å². The summed E-state index contributed by atoms with van der Waals surface area (Å²) in [6.45, 7) is 2.02. The largest absolute Gasteiger partial charge is 0.383 e. The lowest BCUT2D eigenvalue weighted by atomic mass is 10.1. The van der Waals surface area contributed by atoms with Crippen LogP contribution in [0.5, 0.6) is 0 Å². The molecule has 0 aliphatic rings. The molecule has 0 aromatic heterocycles. The minimum absolute atomic E-state index is 0.663. The molecule has 0 aliphatic heterocycles. The fourth-order valence-electron chi connectivity index (χ4n) is 1.27. The summed E-state index contributed by atoms with van der Waals surface area (Å²) in [7, 11) is 3.96. The van der Waals surface area contributed by atoms with Gasteiger partial charge < -0.3 is 4.90 Å². The molecule has 0 unspecified atom stereocenters. The Bertz CT molecular complexity index is 356. The first-order valence-corrected chi connectivity index (χ1v) is 5.06. The van der Waals surface area contributed by atoms with Crippen LogP contribution in [0.15, 0.2) is 24.4 Å². The predicted molar refractivity (Wildman–Crippen MR) is 63.8 cm³/mol. The number of hydrogen-bond donors (Lipinski definition) is 0. The predicted octanol–water partition coefficient (Wildman–Crippen LogP) is 3.92. The highest BCUT2D eigenvalue weighted by atomic mass is 35.5. The fraction of sp³-hybridized carbons (Fsp3) is 0.273. The van der Waals surface area contributed by atoms with E-state index in [2.05, 4.69) is 0 Å². The van der Waals surface area contributed by atoms with Crippen molar-refractivity contribution >= 4 is 28.8 Å². The lowest BCUT2D eigenvalue weighted by Crippen LogP contribution is -2.01. The zero-order chi connectivity index (χ0) is 10.7. The van der Waals surface area contributed by atoms with Gasteiger partial charge in [0.05, 0.1) is 0 Å². The van der Waals surface area contributed by atoms with E-state index >= 15 is 0 Å². The molecule has 0 saturated carbocycles. The number of rotatable bonds is 2. The summed E-state index contributed by atoms with van der Waals surface area (Å²) >= 11 is 11.9. The Labute approximate surface area is 94.9 Å². The number of hydrogen-bond acceptors (Lipinski definition) is 1. The molecule has 14 heavy (non-hydrogen) atoms. The van der Waals surface area contributed by atoms with Gasteiger partial charge in [-0.05, 0) is 30.2 Å². The Kier molecular flexibility index (Phi) is 3.85. The van der Waals surface area contributed by atoms with Crippen LogP contribution in [0.3, 0.4) is 0 Å². The van der Waals surface area contributed by atoms with Crippen LogP contribution in [0.1, 0.15) is 12.5 Å². The van der Waals surface area contributed by atoms with Gasteiger partial charge in [0.25, 0.3) is 0 Å². The van der Waals surface area contributed by atoms with E-state index in [9.17, 15) is 0 Å². The molecule has 0 aliphatic carbocycles. The van der Waals surface area contributed by atoms with E-state index in [0.29, 0.717) is 10.0 Å². The zero-order valence-electron chi connectivity index (χ0n) is 8.51. The van der Waals surface area contributed by atoms with Crippen molar-refractivity contribution in [2.24, 2.45) is 0 Å². The third-order valence-corrected chi connectivity index (χ3v) is 2.36. The summed E-state index contributed by atoms with van der Waals surface area (Å²) in [5, 5.41) is 1.35. The number of halogens is 2. The molecule has 1 aromatic rings. The molecule has 1 rings (SSSR count). The molecule has 76 valence electrons. The van der Waals surface area contributed by atoms with Crippen molar-refractivity contribution in [3.05, 3.63) is 40.0 Å². The van der Waals surface area contributed by atoms with Crippen molar-refractivity contribution in [1.29, 1.82) is 0 Å². The molecule has 0 spiro atoms. The van der Waals surface area contributed by atoms with Gasteiger partial charge in [-0.2, -0.15) is 0 Å². The molecule has 0 radical (unpaired) electrons. The molecule has 0 fully saturated rings. The van der Waals surface area contributed by atoms with E-state index in [-0.39, 0.29) is 0 Å². The van der Waals surface area contributed by atoms with Crippen LogP contribution < -0.4 is 0 Å². The van der Waals surface area contributed by atoms with E-state index in [4.69, 9.17) is 23.2 Å². The molecule has 0 saturated heterocycles. The Balaban J connectivity index is 3.07. The van der Waals surface area contributed by atoms with E-state index in [1.807, 2.05) is 44.3 Å². The molecule has 0 heterocycles. The topological polar surface area (TPSA) is 3.24 Å². The lowest BCUT2D eigenvalue weighted by Gasteiger charge is -2.09. The maximum absolute atomic E-state index is 6.06. The molecular formula is C11H13Cl2N. The van der Waals surface area contributed by atoms with Crippen LogP contribution in [0.25, 0.3) is 5.57 Å². The summed E-state index contributed by atoms with van der Waals surface area (Å²) in [6, 6.07) is 5.53. The minimum atomic E-state index is 0.663. The van der Waals surface area contributed by atoms with Gasteiger partial charge in [-0.15, -0.1) is 0 Å². The van der Waals surface area contributed by atoms with Crippen molar-refractivity contribution in [1.82, 2.24) is 4.90 Å². The van der Waals surface area contributed by atoms with Crippen LogP contribution in [0, 0.1) is 0 Å². The van der Waals surface area contributed by atoms with Gasteiger partial charge in [0.1, 0.15) is 0 Å². The molecule has 1 aromatic carbocycles. The third kappa shape index (κ3) is 2.93. The summed E-state index contributed by atoms with van der Waals surface area (Å²) in [4.78, 5) is 1.99. The van der Waals surface area contributed by atoms with Gasteiger partial charge >= 0.3 is 0 Å². The maximum atomic E-state index is 6.06. The van der Waals surface area contributed by atoms with E-state index in [1.54, 1.807) is 6.07 Å². The summed E-state index contributed by atoms with van der Waals surface area (Å²) < 4.78 is 0. The van der Waals surface area contributed by atoms with E-state index in [0.717, 1.165) is 11.1 Å². The van der Waals surface area contributed by atoms with Gasteiger partial charge in [-0.3, -0.25) is 0 Å². The van der Waals surface area contributed by atoms with Crippen LogP contribution in [-0.2, 0) is 0 Å². The molecule has 3 heteroatoms. The molecule has 1 nitrogen and oxygen atoms in total. The zero-order valence-corrected chi connectivity index (χ0v) is 10.0. The van der Waals surface area contributed by atoms with Crippen molar-refractivity contribution in [3.63, 3.8) is 0 Å². The van der Waals surface area contributed by atoms with Crippen LogP contribution in [0.4, 0.5) is 0 Å². The second-order valence-electron chi connectivity index (χ2n) is 3.40. The third-order valence-electron chi connectivity index (χ3n) is 1.81. The number of nitrogens with zero attached hydrogens (tertiary/aromatic N) is 1. The second-order valence-corrected chi connectivity index (χ2v) is 4.24. The summed E-state index contributed by atoms with van der Waals surface area (Å²) in [5.41, 5.74) is 2.14. The smallest absolute Gasteiger partial charge is 0.0496 e. The fourth-order valence-corrected chi connectivity index (χ4v) is 1.82. The highest BCUT2D eigenvalue weighted by molar-refractivity contribution is 6.35. The first-order chi connectivity index (χ1) is 6.50. The molecule has 0 amide bonds. The number of benzene rings is 1. The van der Waals surface area contributed by atoms with E-state index < -0.39 is 0 Å². The summed E-state index contributed by atoms with van der Waals surface area (Å²) in [5.74, 6) is 0. The SMILES string of the molecule is CC(=CN(C)C)c1ccc(Cl)cc1Cl. The standard InChI is InChI=1S/C11H13Cl2N/c1-8(7-14(2)3)10-5-4-9(12)6-11(10)13/h4-7H,1-3H3. The lowest BCUT2D eigenvalue weighted by molar-refractivity contribution is 0.565. The minimum Gasteiger partial charge on any atom is -0.383 e. The molecule has 0 N–H and O–H groups in total. The normalized spacial score (nSPS) is 11.6. The molecule has 0 atom stereocenters. The van der Waals surface area contributed by atoms with Crippen molar-refractivity contribution < 1.29 is 0 Å². The average molecular weight is 230 g/mol. The Morgan fingerprint density at radius 2 is 1.93 bits per heavy atom. The molecular weight excluding hydrogens is 217 g/mol. The first kappa shape index (κ1) is 11.4. The maximum Gasteiger partial charge on any atom is 0.0496 e. The van der Waals surface area contributed by atoms with Crippen LogP contribution >= 0.6 is 23.2 Å². The van der Waals surface area contributed by atoms with Gasteiger partial charge in [0, 0.05) is 30.3 Å². The van der Waals surface area contributed by atoms with Crippen molar-refractivity contribution in [3.8, 4) is 0 Å². The van der Waals surface area contributed by atoms with Gasteiger partial charge in [-0.25, -0.2) is 0 Å². The highest BCUT2D eigenvalue weighted by Gasteiger charge is 2.02. The summed E-state index contributed by atoms with van der Waals surface area (Å²) in [6.07, 6.45) is 2.02. The van der Waals surface area contributed by atoms with Crippen LogP contribution in [-0.4, -0.2) is 19.0 Å². The Morgan fingerprint density at radius 3 is 2.43 bits per heavy atom. The molecule has 0 bridgehead atoms. The average Bonchev–Trinajstić information content (AvgIpc) is 2.01.